The molecule has 46 heavy (non-hydrogen) atoms. The van der Waals surface area contributed by atoms with Gasteiger partial charge < -0.3 is 20.5 Å². The minimum atomic E-state index is -3.48. The van der Waals surface area contributed by atoms with Crippen LogP contribution >= 0.6 is 0 Å². The van der Waals surface area contributed by atoms with Crippen molar-refractivity contribution in [3.05, 3.63) is 55.2 Å². The summed E-state index contributed by atoms with van der Waals surface area (Å²) in [6.45, 7) is 5.73. The molecule has 4 aromatic heterocycles. The molecule has 7 rings (SSSR count). The fourth-order valence-electron chi connectivity index (χ4n) is 5.75. The standard InChI is InChI=1S/C32H39N9O4S/c1-32(42)10-7-23(8-11-32)37-28-17-30(35-20-26(28)27-6-3-24(19-34-27)45-16-15-40-13-2-14-40)38-29-9-12-33-31(39-29)22-18-36-41(21-22)46(43,44)25-4-5-25/h3,6,9,12,17-21,23,25,42H,2,4-5,7-8,10-11,13-16H2,1H3,(H2,33,35,37,38,39). The van der Waals surface area contributed by atoms with Gasteiger partial charge in [0.25, 0.3) is 10.0 Å². The molecule has 0 aromatic carbocycles. The predicted molar refractivity (Wildman–Crippen MR) is 174 cm³/mol. The Labute approximate surface area is 268 Å². The van der Waals surface area contributed by atoms with Crippen molar-refractivity contribution in [2.24, 2.45) is 0 Å². The van der Waals surface area contributed by atoms with Crippen LogP contribution in [0.3, 0.4) is 0 Å². The second kappa shape index (κ2) is 12.6. The third-order valence-electron chi connectivity index (χ3n) is 8.90. The number of aromatic nitrogens is 6. The average molecular weight is 646 g/mol. The second-order valence-electron chi connectivity index (χ2n) is 12.7. The molecule has 242 valence electrons. The van der Waals surface area contributed by atoms with Gasteiger partial charge in [0.15, 0.2) is 5.82 Å². The number of likely N-dealkylation sites (tertiary alicyclic amines) is 1. The van der Waals surface area contributed by atoms with Gasteiger partial charge in [0.1, 0.15) is 24.0 Å². The molecule has 0 spiro atoms. The Morgan fingerprint density at radius 3 is 2.57 bits per heavy atom. The van der Waals surface area contributed by atoms with Crippen LogP contribution in [0.25, 0.3) is 22.6 Å². The quantitative estimate of drug-likeness (QED) is 0.203. The number of nitrogens with one attached hydrogen (secondary N) is 2. The summed E-state index contributed by atoms with van der Waals surface area (Å²) in [5.74, 6) is 2.15. The molecule has 0 bridgehead atoms. The highest BCUT2D eigenvalue weighted by atomic mass is 32.2. The number of pyridine rings is 2. The number of nitrogens with zero attached hydrogens (tertiary/aromatic N) is 7. The Balaban J connectivity index is 1.10. The molecule has 1 aliphatic heterocycles. The third-order valence-corrected chi connectivity index (χ3v) is 10.9. The van der Waals surface area contributed by atoms with Gasteiger partial charge >= 0.3 is 0 Å². The van der Waals surface area contributed by atoms with Gasteiger partial charge in [-0.1, -0.05) is 0 Å². The van der Waals surface area contributed by atoms with E-state index in [-0.39, 0.29) is 11.3 Å². The summed E-state index contributed by atoms with van der Waals surface area (Å²) < 4.78 is 32.1. The lowest BCUT2D eigenvalue weighted by atomic mass is 9.83. The number of hydrogen-bond acceptors (Lipinski definition) is 12. The van der Waals surface area contributed by atoms with E-state index in [9.17, 15) is 13.5 Å². The second-order valence-corrected chi connectivity index (χ2v) is 14.8. The van der Waals surface area contributed by atoms with Crippen molar-refractivity contribution >= 4 is 27.3 Å². The maximum atomic E-state index is 12.6. The summed E-state index contributed by atoms with van der Waals surface area (Å²) in [4.78, 5) is 20.7. The summed E-state index contributed by atoms with van der Waals surface area (Å²) in [5.41, 5.74) is 2.35. The summed E-state index contributed by atoms with van der Waals surface area (Å²) in [5, 5.41) is 21.1. The highest BCUT2D eigenvalue weighted by Crippen LogP contribution is 2.35. The lowest BCUT2D eigenvalue weighted by molar-refractivity contribution is 0.0196. The minimum Gasteiger partial charge on any atom is -0.491 e. The molecule has 0 amide bonds. The predicted octanol–water partition coefficient (Wildman–Crippen LogP) is 4.07. The van der Waals surface area contributed by atoms with Crippen LogP contribution in [0.1, 0.15) is 51.9 Å². The Kier molecular flexibility index (Phi) is 8.34. The van der Waals surface area contributed by atoms with Crippen molar-refractivity contribution in [2.75, 3.05) is 36.9 Å². The number of hydrogen-bond donors (Lipinski definition) is 3. The fourth-order valence-corrected chi connectivity index (χ4v) is 7.23. The van der Waals surface area contributed by atoms with Gasteiger partial charge in [-0.05, 0) is 83.2 Å². The largest absolute Gasteiger partial charge is 0.491 e. The van der Waals surface area contributed by atoms with Gasteiger partial charge in [0, 0.05) is 42.3 Å². The van der Waals surface area contributed by atoms with Crippen molar-refractivity contribution in [1.29, 1.82) is 0 Å². The number of ether oxygens (including phenoxy) is 1. The van der Waals surface area contributed by atoms with Crippen LogP contribution in [0, 0.1) is 0 Å². The van der Waals surface area contributed by atoms with E-state index < -0.39 is 15.6 Å². The van der Waals surface area contributed by atoms with Crippen LogP contribution in [0.5, 0.6) is 5.75 Å². The zero-order chi connectivity index (χ0) is 31.7. The summed E-state index contributed by atoms with van der Waals surface area (Å²) in [7, 11) is -3.48. The van der Waals surface area contributed by atoms with Gasteiger partial charge in [-0.15, -0.1) is 0 Å². The normalized spacial score (nSPS) is 21.8. The minimum absolute atomic E-state index is 0.187. The van der Waals surface area contributed by atoms with Gasteiger partial charge in [0.05, 0.1) is 40.7 Å². The molecule has 3 N–H and O–H groups in total. The summed E-state index contributed by atoms with van der Waals surface area (Å²) in [6, 6.07) is 7.73. The van der Waals surface area contributed by atoms with Gasteiger partial charge in [-0.2, -0.15) is 9.19 Å². The maximum Gasteiger partial charge on any atom is 0.256 e. The molecule has 13 nitrogen and oxygen atoms in total. The van der Waals surface area contributed by atoms with Crippen LogP contribution < -0.4 is 15.4 Å². The Hall–Kier alpha value is -4.14. The summed E-state index contributed by atoms with van der Waals surface area (Å²) in [6.07, 6.45) is 13.8. The first-order valence-electron chi connectivity index (χ1n) is 15.9. The van der Waals surface area contributed by atoms with Crippen molar-refractivity contribution in [1.82, 2.24) is 34.0 Å². The Morgan fingerprint density at radius 2 is 1.85 bits per heavy atom. The third kappa shape index (κ3) is 6.98. The molecular weight excluding hydrogens is 606 g/mol. The van der Waals surface area contributed by atoms with Crippen LogP contribution in [0.4, 0.5) is 17.3 Å². The molecule has 4 aromatic rings. The lowest BCUT2D eigenvalue weighted by Crippen LogP contribution is -2.39. The van der Waals surface area contributed by atoms with E-state index in [1.165, 1.54) is 18.8 Å². The molecule has 1 saturated heterocycles. The van der Waals surface area contributed by atoms with Crippen molar-refractivity contribution in [3.63, 3.8) is 0 Å². The van der Waals surface area contributed by atoms with Gasteiger partial charge in [-0.25, -0.2) is 23.4 Å². The van der Waals surface area contributed by atoms with E-state index in [4.69, 9.17) is 9.72 Å². The summed E-state index contributed by atoms with van der Waals surface area (Å²) >= 11 is 0. The van der Waals surface area contributed by atoms with Gasteiger partial charge in [-0.3, -0.25) is 9.88 Å². The zero-order valence-electron chi connectivity index (χ0n) is 25.8. The number of aliphatic hydroxyl groups is 1. The zero-order valence-corrected chi connectivity index (χ0v) is 26.7. The van der Waals surface area contributed by atoms with Crippen molar-refractivity contribution in [2.45, 2.75) is 68.8 Å². The first-order valence-corrected chi connectivity index (χ1v) is 17.4. The lowest BCUT2D eigenvalue weighted by Gasteiger charge is -2.34. The SMILES string of the molecule is CC1(O)CCC(Nc2cc(Nc3ccnc(-c4cnn(S(=O)(=O)C5CC5)c4)n3)ncc2-c2ccc(OCCN3CCC3)cn2)CC1. The van der Waals surface area contributed by atoms with E-state index in [1.54, 1.807) is 24.7 Å². The molecule has 3 aliphatic rings. The van der Waals surface area contributed by atoms with Crippen LogP contribution in [0.15, 0.2) is 55.2 Å². The highest BCUT2D eigenvalue weighted by Gasteiger charge is 2.37. The number of anilines is 3. The first-order chi connectivity index (χ1) is 22.2. The van der Waals surface area contributed by atoms with E-state index in [0.29, 0.717) is 42.5 Å². The van der Waals surface area contributed by atoms with Crippen molar-refractivity contribution < 1.29 is 18.3 Å². The first kappa shape index (κ1) is 30.5. The Morgan fingerprint density at radius 1 is 1.02 bits per heavy atom. The number of rotatable bonds is 12. The molecule has 2 aliphatic carbocycles. The Bertz CT molecular complexity index is 1780. The monoisotopic (exact) mass is 645 g/mol. The highest BCUT2D eigenvalue weighted by molar-refractivity contribution is 7.90. The molecule has 14 heteroatoms. The molecule has 0 atom stereocenters. The van der Waals surface area contributed by atoms with Crippen LogP contribution in [-0.2, 0) is 10.0 Å². The smallest absolute Gasteiger partial charge is 0.256 e. The molecule has 5 heterocycles. The van der Waals surface area contributed by atoms with Crippen LogP contribution in [0.2, 0.25) is 0 Å². The molecule has 3 fully saturated rings. The van der Waals surface area contributed by atoms with Crippen molar-refractivity contribution in [3.8, 4) is 28.4 Å². The molecule has 0 unspecified atom stereocenters. The van der Waals surface area contributed by atoms with Crippen LogP contribution in [-0.4, -0.2) is 90.7 Å². The maximum absolute atomic E-state index is 12.6. The topological polar surface area (TPSA) is 160 Å². The van der Waals surface area contributed by atoms with E-state index in [1.807, 2.05) is 25.1 Å². The van der Waals surface area contributed by atoms with E-state index >= 15 is 0 Å². The van der Waals surface area contributed by atoms with Gasteiger partial charge in [0.2, 0.25) is 0 Å². The molecule has 0 radical (unpaired) electrons. The average Bonchev–Trinajstić information content (AvgIpc) is 3.77. The molecule has 2 saturated carbocycles. The molecular formula is C32H39N9O4S. The van der Waals surface area contributed by atoms with E-state index in [2.05, 4.69) is 35.6 Å². The van der Waals surface area contributed by atoms with E-state index in [0.717, 1.165) is 72.1 Å². The fraction of sp³-hybridized carbons (Fsp3) is 0.469.